The summed E-state index contributed by atoms with van der Waals surface area (Å²) >= 11 is 1.95. The van der Waals surface area contributed by atoms with Crippen molar-refractivity contribution in [3.8, 4) is 0 Å². The van der Waals surface area contributed by atoms with Crippen LogP contribution < -0.4 is 5.32 Å². The molecule has 2 heterocycles. The maximum Gasteiger partial charge on any atom is 0.0328 e. The summed E-state index contributed by atoms with van der Waals surface area (Å²) in [4.78, 5) is 7.89. The molecule has 4 heteroatoms. The lowest BCUT2D eigenvalue weighted by molar-refractivity contribution is 0.158. The highest BCUT2D eigenvalue weighted by atomic mass is 32.1. The van der Waals surface area contributed by atoms with E-state index in [2.05, 4.69) is 41.3 Å². The summed E-state index contributed by atoms with van der Waals surface area (Å²) in [5, 5.41) is 3.22. The second-order valence-corrected chi connectivity index (χ2v) is 7.13. The zero-order valence-electron chi connectivity index (χ0n) is 12.5. The topological polar surface area (TPSA) is 18.5 Å². The molecular formula is C15H27N3S. The van der Waals surface area contributed by atoms with Crippen LogP contribution in [0.3, 0.4) is 0 Å². The number of rotatable bonds is 6. The number of thiophene rings is 1. The molecule has 1 saturated heterocycles. The molecule has 3 nitrogen and oxygen atoms in total. The van der Waals surface area contributed by atoms with E-state index >= 15 is 0 Å². The van der Waals surface area contributed by atoms with Crippen LogP contribution in [0.4, 0.5) is 0 Å². The molecule has 0 radical (unpaired) electrons. The molecule has 1 fully saturated rings. The number of nitrogens with zero attached hydrogens (tertiary/aromatic N) is 2. The average Bonchev–Trinajstić information content (AvgIpc) is 2.79. The molecule has 0 spiro atoms. The van der Waals surface area contributed by atoms with E-state index in [1.54, 1.807) is 0 Å². The molecule has 0 aromatic carbocycles. The lowest BCUT2D eigenvalue weighted by Crippen LogP contribution is -2.36. The Bertz CT molecular complexity index is 367. The fourth-order valence-corrected chi connectivity index (χ4v) is 3.91. The summed E-state index contributed by atoms with van der Waals surface area (Å²) in [7, 11) is 6.37. The molecule has 2 rings (SSSR count). The highest BCUT2D eigenvalue weighted by Crippen LogP contribution is 2.22. The van der Waals surface area contributed by atoms with Crippen LogP contribution in [-0.4, -0.2) is 50.6 Å². The quantitative estimate of drug-likeness (QED) is 0.863. The van der Waals surface area contributed by atoms with Gasteiger partial charge in [0.1, 0.15) is 0 Å². The van der Waals surface area contributed by atoms with Crippen molar-refractivity contribution in [3.05, 3.63) is 21.9 Å². The van der Waals surface area contributed by atoms with Gasteiger partial charge in [-0.05, 0) is 65.1 Å². The van der Waals surface area contributed by atoms with Crippen LogP contribution >= 0.6 is 11.3 Å². The Balaban J connectivity index is 1.75. The van der Waals surface area contributed by atoms with Crippen LogP contribution in [0, 0.1) is 5.92 Å². The van der Waals surface area contributed by atoms with Crippen molar-refractivity contribution in [2.45, 2.75) is 25.9 Å². The molecule has 1 N–H and O–H groups in total. The second-order valence-electron chi connectivity index (χ2n) is 5.88. The minimum Gasteiger partial charge on any atom is -0.315 e. The highest BCUT2D eigenvalue weighted by Gasteiger charge is 2.19. The summed E-state index contributed by atoms with van der Waals surface area (Å²) in [6.45, 7) is 5.91. The molecule has 108 valence electrons. The van der Waals surface area contributed by atoms with Gasteiger partial charge in [-0.2, -0.15) is 0 Å². The number of hydrogen-bond acceptors (Lipinski definition) is 4. The molecule has 0 amide bonds. The third-order valence-electron chi connectivity index (χ3n) is 3.78. The van der Waals surface area contributed by atoms with Gasteiger partial charge in [-0.15, -0.1) is 11.3 Å². The number of hydrogen-bond donors (Lipinski definition) is 1. The van der Waals surface area contributed by atoms with Crippen molar-refractivity contribution in [1.82, 2.24) is 15.1 Å². The normalized spacial score (nSPS) is 18.3. The standard InChI is InChI=1S/C15H27N3S/c1-16-10-14-4-5-15(19-14)12-18-8-6-13(7-9-18)11-17(2)3/h4-5,13,16H,6-12H2,1-3H3. The lowest BCUT2D eigenvalue weighted by atomic mass is 9.96. The van der Waals surface area contributed by atoms with Crippen molar-refractivity contribution in [3.63, 3.8) is 0 Å². The van der Waals surface area contributed by atoms with Gasteiger partial charge in [0, 0.05) is 29.4 Å². The number of piperidine rings is 1. The second kappa shape index (κ2) is 7.39. The van der Waals surface area contributed by atoms with Crippen LogP contribution in [0.5, 0.6) is 0 Å². The fraction of sp³-hybridized carbons (Fsp3) is 0.733. The molecule has 0 unspecified atom stereocenters. The minimum absolute atomic E-state index is 0.898. The molecule has 1 aliphatic heterocycles. The monoisotopic (exact) mass is 281 g/mol. The Morgan fingerprint density at radius 3 is 2.58 bits per heavy atom. The zero-order valence-corrected chi connectivity index (χ0v) is 13.3. The zero-order chi connectivity index (χ0) is 13.7. The van der Waals surface area contributed by atoms with Gasteiger partial charge in [0.15, 0.2) is 0 Å². The van der Waals surface area contributed by atoms with Crippen LogP contribution in [0.25, 0.3) is 0 Å². The summed E-state index contributed by atoms with van der Waals surface area (Å²) in [6, 6.07) is 4.55. The van der Waals surface area contributed by atoms with E-state index in [1.807, 2.05) is 18.4 Å². The number of nitrogens with one attached hydrogen (secondary N) is 1. The maximum atomic E-state index is 3.22. The first kappa shape index (κ1) is 15.0. The maximum absolute atomic E-state index is 3.22. The van der Waals surface area contributed by atoms with Gasteiger partial charge in [0.2, 0.25) is 0 Å². The third-order valence-corrected chi connectivity index (χ3v) is 4.85. The SMILES string of the molecule is CNCc1ccc(CN2CCC(CN(C)C)CC2)s1. The van der Waals surface area contributed by atoms with Crippen LogP contribution in [0.1, 0.15) is 22.6 Å². The van der Waals surface area contributed by atoms with Gasteiger partial charge in [0.25, 0.3) is 0 Å². The first-order chi connectivity index (χ1) is 9.17. The predicted molar refractivity (Wildman–Crippen MR) is 83.6 cm³/mol. The van der Waals surface area contributed by atoms with Gasteiger partial charge >= 0.3 is 0 Å². The lowest BCUT2D eigenvalue weighted by Gasteiger charge is -2.32. The molecule has 0 bridgehead atoms. The molecule has 0 atom stereocenters. The summed E-state index contributed by atoms with van der Waals surface area (Å²) in [6.07, 6.45) is 2.71. The van der Waals surface area contributed by atoms with Gasteiger partial charge in [-0.25, -0.2) is 0 Å². The molecular weight excluding hydrogens is 254 g/mol. The first-order valence-electron chi connectivity index (χ1n) is 7.26. The van der Waals surface area contributed by atoms with Crippen LogP contribution in [0.15, 0.2) is 12.1 Å². The molecule has 0 saturated carbocycles. The fourth-order valence-electron chi connectivity index (χ4n) is 2.84. The van der Waals surface area contributed by atoms with E-state index in [0.717, 1.165) is 19.0 Å². The van der Waals surface area contributed by atoms with E-state index in [4.69, 9.17) is 0 Å². The molecule has 0 aliphatic carbocycles. The average molecular weight is 281 g/mol. The van der Waals surface area contributed by atoms with E-state index < -0.39 is 0 Å². The first-order valence-corrected chi connectivity index (χ1v) is 8.08. The Morgan fingerprint density at radius 1 is 1.26 bits per heavy atom. The van der Waals surface area contributed by atoms with Gasteiger partial charge in [0.05, 0.1) is 0 Å². The van der Waals surface area contributed by atoms with Gasteiger partial charge in [-0.3, -0.25) is 4.90 Å². The Labute approximate surface area is 121 Å². The van der Waals surface area contributed by atoms with E-state index in [9.17, 15) is 0 Å². The summed E-state index contributed by atoms with van der Waals surface area (Å²) < 4.78 is 0. The number of likely N-dealkylation sites (tertiary alicyclic amines) is 1. The summed E-state index contributed by atoms with van der Waals surface area (Å²) in [5.41, 5.74) is 0. The van der Waals surface area contributed by atoms with Crippen molar-refractivity contribution in [2.24, 2.45) is 5.92 Å². The smallest absolute Gasteiger partial charge is 0.0328 e. The Kier molecular flexibility index (Phi) is 5.82. The Hall–Kier alpha value is -0.420. The molecule has 1 aromatic heterocycles. The van der Waals surface area contributed by atoms with Gasteiger partial charge < -0.3 is 10.2 Å². The molecule has 1 aromatic rings. The van der Waals surface area contributed by atoms with Crippen molar-refractivity contribution >= 4 is 11.3 Å². The summed E-state index contributed by atoms with van der Waals surface area (Å²) in [5.74, 6) is 0.898. The highest BCUT2D eigenvalue weighted by molar-refractivity contribution is 7.11. The largest absolute Gasteiger partial charge is 0.315 e. The third kappa shape index (κ3) is 4.88. The predicted octanol–water partition coefficient (Wildman–Crippen LogP) is 2.24. The van der Waals surface area contributed by atoms with Crippen molar-refractivity contribution in [2.75, 3.05) is 40.8 Å². The van der Waals surface area contributed by atoms with Crippen LogP contribution in [-0.2, 0) is 13.1 Å². The molecule has 1 aliphatic rings. The molecule has 19 heavy (non-hydrogen) atoms. The minimum atomic E-state index is 0.898. The van der Waals surface area contributed by atoms with E-state index in [1.165, 1.54) is 42.2 Å². The van der Waals surface area contributed by atoms with Crippen molar-refractivity contribution < 1.29 is 0 Å². The van der Waals surface area contributed by atoms with E-state index in [0.29, 0.717) is 0 Å². The van der Waals surface area contributed by atoms with Gasteiger partial charge in [-0.1, -0.05) is 0 Å². The van der Waals surface area contributed by atoms with Crippen LogP contribution in [0.2, 0.25) is 0 Å². The Morgan fingerprint density at radius 2 is 1.95 bits per heavy atom. The van der Waals surface area contributed by atoms with Crippen molar-refractivity contribution in [1.29, 1.82) is 0 Å². The van der Waals surface area contributed by atoms with E-state index in [-0.39, 0.29) is 0 Å².